The number of hydrogen-bond acceptors (Lipinski definition) is 20. The van der Waals surface area contributed by atoms with Crippen molar-refractivity contribution in [3.8, 4) is 22.6 Å². The van der Waals surface area contributed by atoms with Crippen molar-refractivity contribution in [2.45, 2.75) is 256 Å². The van der Waals surface area contributed by atoms with Crippen molar-refractivity contribution in [3.63, 3.8) is 0 Å². The van der Waals surface area contributed by atoms with Crippen LogP contribution in [0.2, 0.25) is 0 Å². The zero-order chi connectivity index (χ0) is 101. The molecule has 139 heavy (non-hydrogen) atoms. The zero-order valence-corrected chi connectivity index (χ0v) is 83.9. The number of fused-ring (bicyclic) bond motifs is 4. The molecule has 14 N–H and O–H groups in total. The van der Waals surface area contributed by atoms with Crippen LogP contribution < -0.4 is 72.7 Å². The van der Waals surface area contributed by atoms with E-state index in [0.717, 1.165) is 44.5 Å². The minimum Gasteiger partial charge on any atom is -0.488 e. The predicted octanol–water partition coefficient (Wildman–Crippen LogP) is 11.3. The molecule has 35 heteroatoms. The number of aliphatic carboxylic acids is 1. The van der Waals surface area contributed by atoms with Gasteiger partial charge in [0.25, 0.3) is 10.0 Å². The highest BCUT2D eigenvalue weighted by molar-refractivity contribution is 7.98. The summed E-state index contributed by atoms with van der Waals surface area (Å²) in [4.78, 5) is 162. The first-order chi connectivity index (χ1) is 65.8. The van der Waals surface area contributed by atoms with Gasteiger partial charge in [0, 0.05) is 50.0 Å². The highest BCUT2D eigenvalue weighted by atomic mass is 32.2. The number of sulfonamides is 1. The van der Waals surface area contributed by atoms with Gasteiger partial charge >= 0.3 is 18.2 Å². The van der Waals surface area contributed by atoms with Crippen LogP contribution in [0, 0.1) is 38.0 Å². The molecule has 0 fully saturated rings. The molecule has 0 unspecified atom stereocenters. The molecule has 0 bridgehead atoms. The number of rotatable bonds is 46. The standard InChI is InChI=1S/C104H135N15O18S2/c1-62(2)54-83(94(125)112-82(97(128)129)44-31-32-51-107-99(130)137-102(12,13)14)113-95(126)84(55-68-46-48-73(49-47-68)135-101(9,10)11)115-96(127)87(63(3)4)117-93(124)81(50-53-138-17)111-90(121)67(8)110-86(120)58-108-91(122)85(56-72-59-119(61-109-72)104(69-34-21-18-22-35-69,70-36-23-19-24-37-70)71-38-25-20-26-39-71)114-92(123)80(116-100(131)134-60-79-76-42-29-27-40-74(76)75-41-28-30-43-77(75)79)45-33-52-106-98(105)118-139(132,133)89-65(6)64(5)88-78(66(89)7)57-103(15,16)136-88/h18-30,34-43,46-49,59,61-63,67,79-85,87H,31-33,44-45,50-58,60H2,1-17H3,(H,107,130)(H,108,122)(H,110,120)(H,111,121)(H,112,125)(H,113,126)(H,114,123)(H,115,127)(H,116,131)(H,117,124)(H,128,129)(H3,105,106,118)/t67-,80-,81-,82-,83-,84-,85-,87-/m0/s1. The van der Waals surface area contributed by atoms with Crippen LogP contribution in [-0.4, -0.2) is 198 Å². The summed E-state index contributed by atoms with van der Waals surface area (Å²) >= 11 is 1.36. The van der Waals surface area contributed by atoms with Crippen LogP contribution in [0.1, 0.15) is 202 Å². The second kappa shape index (κ2) is 48.3. The Morgan fingerprint density at radius 2 is 1.07 bits per heavy atom. The maximum atomic E-state index is 15.4. The number of alkyl carbamates (subject to hydrolysis) is 2. The van der Waals surface area contributed by atoms with Crippen LogP contribution in [-0.2, 0) is 87.4 Å². The first-order valence-electron chi connectivity index (χ1n) is 47.1. The lowest BCUT2D eigenvalue weighted by Crippen LogP contribution is -2.61. The molecule has 0 radical (unpaired) electrons. The SMILES string of the molecule is CSCC[C@H](NC(=O)[C@H](C)NC(=O)CNC(=O)[C@H](Cc1cn(C(c2ccccc2)(c2ccccc2)c2ccccc2)cn1)NC(=O)[C@H](CCCNC(=N)NS(=O)(=O)c1c(C)c(C)c2c(c1C)CC(C)(C)O2)NC(=O)OCC1c2ccccc2-c2ccccc21)C(=O)N[C@H](C(=O)N[C@@H](Cc1ccc(OC(C)(C)C)cc1)C(=O)N[C@@H](CC(C)C)C(=O)N[C@@H](CCCCNC(=O)OC(C)(C)C)C(=O)O)C(C)C. The van der Waals surface area contributed by atoms with Crippen LogP contribution in [0.25, 0.3) is 11.1 Å². The number of carboxylic acids is 1. The molecular formula is C104H135N15O18S2. The van der Waals surface area contributed by atoms with Gasteiger partial charge in [-0.1, -0.05) is 179 Å². The Balaban J connectivity index is 0.867. The summed E-state index contributed by atoms with van der Waals surface area (Å²) in [6.07, 6.45) is 4.03. The fourth-order valence-electron chi connectivity index (χ4n) is 17.2. The Morgan fingerprint density at radius 3 is 1.64 bits per heavy atom. The molecule has 7 aromatic carbocycles. The molecule has 0 spiro atoms. The summed E-state index contributed by atoms with van der Waals surface area (Å²) in [7, 11) is -4.37. The lowest BCUT2D eigenvalue weighted by molar-refractivity contribution is -0.142. The van der Waals surface area contributed by atoms with E-state index in [2.05, 4.69) is 63.2 Å². The summed E-state index contributed by atoms with van der Waals surface area (Å²) in [5.74, 6) is -8.46. The summed E-state index contributed by atoms with van der Waals surface area (Å²) in [6, 6.07) is 40.3. The van der Waals surface area contributed by atoms with Gasteiger partial charge in [-0.25, -0.2) is 32.5 Å². The lowest BCUT2D eigenvalue weighted by atomic mass is 9.77. The molecule has 2 heterocycles. The van der Waals surface area contributed by atoms with Gasteiger partial charge in [-0.05, 0) is 225 Å². The topological polar surface area (TPSA) is 465 Å². The number of benzene rings is 7. The van der Waals surface area contributed by atoms with Gasteiger partial charge in [-0.2, -0.15) is 11.8 Å². The summed E-state index contributed by atoms with van der Waals surface area (Å²) in [5, 5.41) is 49.1. The van der Waals surface area contributed by atoms with Crippen LogP contribution >= 0.6 is 11.8 Å². The number of imidazole rings is 1. The number of nitrogens with one attached hydrogen (secondary N) is 13. The fourth-order valence-corrected chi connectivity index (χ4v) is 19.2. The van der Waals surface area contributed by atoms with Gasteiger partial charge in [-0.15, -0.1) is 0 Å². The molecule has 10 amide bonds. The molecule has 8 atom stereocenters. The van der Waals surface area contributed by atoms with E-state index in [4.69, 9.17) is 29.3 Å². The van der Waals surface area contributed by atoms with E-state index in [1.807, 2.05) is 193 Å². The van der Waals surface area contributed by atoms with Gasteiger partial charge in [0.1, 0.15) is 88.8 Å². The number of amides is 10. The molecule has 8 aromatic rings. The molecule has 0 saturated carbocycles. The molecule has 33 nitrogen and oxygen atoms in total. The number of unbranched alkanes of at least 4 members (excludes halogenated alkanes) is 1. The second-order valence-corrected chi connectivity index (χ2v) is 41.3. The van der Waals surface area contributed by atoms with Gasteiger partial charge in [0.05, 0.1) is 23.5 Å². The number of thioether (sulfide) groups is 1. The number of hydrogen-bond donors (Lipinski definition) is 14. The predicted molar refractivity (Wildman–Crippen MR) is 533 cm³/mol. The monoisotopic (exact) mass is 1950 g/mol. The molecule has 1 aliphatic heterocycles. The average Bonchev–Trinajstić information content (AvgIpc) is 1.72. The quantitative estimate of drug-likeness (QED) is 0.00729. The first kappa shape index (κ1) is 108. The van der Waals surface area contributed by atoms with Gasteiger partial charge in [-0.3, -0.25) is 43.8 Å². The second-order valence-electron chi connectivity index (χ2n) is 38.7. The molecule has 0 saturated heterocycles. The highest BCUT2D eigenvalue weighted by Gasteiger charge is 2.43. The van der Waals surface area contributed by atoms with E-state index in [1.54, 1.807) is 98.4 Å². The summed E-state index contributed by atoms with van der Waals surface area (Å²) < 4.78 is 56.5. The average molecular weight is 1950 g/mol. The minimum atomic E-state index is -4.37. The minimum absolute atomic E-state index is 0.00466. The Kier molecular flexibility index (Phi) is 37.4. The fraction of sp³-hybridized carbons (Fsp3) is 0.452. The number of guanidine groups is 1. The largest absolute Gasteiger partial charge is 0.488 e. The van der Waals surface area contributed by atoms with Crippen molar-refractivity contribution in [2.24, 2.45) is 11.8 Å². The maximum absolute atomic E-state index is 15.4. The summed E-state index contributed by atoms with van der Waals surface area (Å²) in [5.41, 5.74) is 6.57. The van der Waals surface area contributed by atoms with E-state index >= 15 is 9.59 Å². The third kappa shape index (κ3) is 29.6. The van der Waals surface area contributed by atoms with Crippen LogP contribution in [0.3, 0.4) is 0 Å². The highest BCUT2D eigenvalue weighted by Crippen LogP contribution is 2.47. The molecule has 1 aliphatic carbocycles. The third-order valence-electron chi connectivity index (χ3n) is 24.0. The van der Waals surface area contributed by atoms with Crippen LogP contribution in [0.4, 0.5) is 9.59 Å². The number of nitrogens with zero attached hydrogens (tertiary/aromatic N) is 2. The maximum Gasteiger partial charge on any atom is 0.407 e. The molecule has 746 valence electrons. The number of carbonyl (C=O) groups excluding carboxylic acids is 10. The Labute approximate surface area is 818 Å². The molecule has 10 rings (SSSR count). The van der Waals surface area contributed by atoms with Crippen molar-refractivity contribution >= 4 is 93.2 Å². The Bertz CT molecular complexity index is 5650. The molecule has 1 aromatic heterocycles. The Morgan fingerprint density at radius 1 is 0.554 bits per heavy atom. The van der Waals surface area contributed by atoms with E-state index in [1.165, 1.54) is 18.7 Å². The van der Waals surface area contributed by atoms with E-state index in [9.17, 15) is 56.7 Å². The molecular weight excluding hydrogens is 1810 g/mol. The number of carbonyl (C=O) groups is 11. The number of ether oxygens (including phenoxy) is 4. The Hall–Kier alpha value is -13.3. The van der Waals surface area contributed by atoms with Gasteiger partial charge in [0.2, 0.25) is 53.2 Å². The van der Waals surface area contributed by atoms with E-state index < -0.39 is 165 Å². The first-order valence-corrected chi connectivity index (χ1v) is 50.0. The zero-order valence-electron chi connectivity index (χ0n) is 82.3. The van der Waals surface area contributed by atoms with Gasteiger partial charge in [0.15, 0.2) is 0 Å². The van der Waals surface area contributed by atoms with Crippen molar-refractivity contribution in [1.82, 2.24) is 72.8 Å². The van der Waals surface area contributed by atoms with Crippen molar-refractivity contribution in [3.05, 3.63) is 238 Å². The van der Waals surface area contributed by atoms with Crippen LogP contribution in [0.15, 0.2) is 181 Å². The smallest absolute Gasteiger partial charge is 0.407 e. The van der Waals surface area contributed by atoms with Gasteiger partial charge < -0.3 is 87.1 Å². The van der Waals surface area contributed by atoms with Crippen LogP contribution in [0.5, 0.6) is 11.5 Å². The normalized spacial score (nSPS) is 14.5. The lowest BCUT2D eigenvalue weighted by Gasteiger charge is -2.37. The van der Waals surface area contributed by atoms with Crippen molar-refractivity contribution in [1.29, 1.82) is 5.41 Å². The van der Waals surface area contributed by atoms with E-state index in [0.29, 0.717) is 52.3 Å². The third-order valence-corrected chi connectivity index (χ3v) is 26.3. The number of aromatic nitrogens is 2. The van der Waals surface area contributed by atoms with Crippen molar-refractivity contribution in [2.75, 3.05) is 38.2 Å². The molecule has 2 aliphatic rings. The van der Waals surface area contributed by atoms with Crippen molar-refractivity contribution < 1.29 is 85.2 Å². The number of carboxylic acid groups (broad SMARTS) is 1. The van der Waals surface area contributed by atoms with E-state index in [-0.39, 0.29) is 93.5 Å². The summed E-state index contributed by atoms with van der Waals surface area (Å²) in [6.45, 7) is 27.3.